The minimum absolute atomic E-state index is 0.596. The molecule has 1 N–H and O–H groups in total. The number of thiophene rings is 1. The summed E-state index contributed by atoms with van der Waals surface area (Å²) in [5, 5.41) is 6.61. The lowest BCUT2D eigenvalue weighted by Crippen LogP contribution is -2.34. The average Bonchev–Trinajstić information content (AvgIpc) is 2.77. The monoisotopic (exact) mass is 349 g/mol. The second-order valence-electron chi connectivity index (χ2n) is 4.60. The summed E-state index contributed by atoms with van der Waals surface area (Å²) in [7, 11) is 0. The summed E-state index contributed by atoms with van der Waals surface area (Å²) in [5.41, 5.74) is 0. The predicted molar refractivity (Wildman–Crippen MR) is 90.0 cm³/mol. The first-order valence-corrected chi connectivity index (χ1v) is 9.46. The molecule has 0 spiro atoms. The SMILES string of the molecule is CCCNC(CSC(C)CC)Cc1sccc1Br. The summed E-state index contributed by atoms with van der Waals surface area (Å²) < 4.78 is 1.27. The first kappa shape index (κ1) is 16.5. The minimum Gasteiger partial charge on any atom is -0.313 e. The second-order valence-corrected chi connectivity index (χ2v) is 7.93. The standard InChI is InChI=1S/C14H24BrNS2/c1-4-7-16-12(10-18-11(3)5-2)9-14-13(15)6-8-17-14/h6,8,11-12,16H,4-5,7,9-10H2,1-3H3. The summed E-state index contributed by atoms with van der Waals surface area (Å²) in [4.78, 5) is 1.47. The van der Waals surface area contributed by atoms with Crippen LogP contribution in [0.4, 0.5) is 0 Å². The Hall–Kier alpha value is 0.490. The summed E-state index contributed by atoms with van der Waals surface area (Å²) in [6.45, 7) is 7.94. The molecule has 4 heteroatoms. The Morgan fingerprint density at radius 3 is 2.78 bits per heavy atom. The zero-order chi connectivity index (χ0) is 13.4. The van der Waals surface area contributed by atoms with Crippen LogP contribution < -0.4 is 5.32 Å². The third kappa shape index (κ3) is 6.09. The fourth-order valence-electron chi connectivity index (χ4n) is 1.63. The molecule has 18 heavy (non-hydrogen) atoms. The highest BCUT2D eigenvalue weighted by Crippen LogP contribution is 2.25. The Morgan fingerprint density at radius 1 is 1.44 bits per heavy atom. The van der Waals surface area contributed by atoms with Crippen molar-refractivity contribution in [3.05, 3.63) is 20.8 Å². The van der Waals surface area contributed by atoms with Crippen LogP contribution in [-0.2, 0) is 6.42 Å². The minimum atomic E-state index is 0.596. The molecule has 0 saturated carbocycles. The van der Waals surface area contributed by atoms with Gasteiger partial charge in [0.1, 0.15) is 0 Å². The van der Waals surface area contributed by atoms with Crippen LogP contribution in [0.2, 0.25) is 0 Å². The smallest absolute Gasteiger partial charge is 0.0314 e. The van der Waals surface area contributed by atoms with Crippen molar-refractivity contribution in [1.29, 1.82) is 0 Å². The summed E-state index contributed by atoms with van der Waals surface area (Å²) in [5.74, 6) is 1.21. The van der Waals surface area contributed by atoms with Gasteiger partial charge in [0, 0.05) is 26.4 Å². The van der Waals surface area contributed by atoms with Gasteiger partial charge in [-0.2, -0.15) is 11.8 Å². The second kappa shape index (κ2) is 9.40. The molecule has 0 amide bonds. The maximum atomic E-state index is 3.68. The molecule has 0 aromatic carbocycles. The van der Waals surface area contributed by atoms with Crippen LogP contribution in [0.1, 0.15) is 38.5 Å². The van der Waals surface area contributed by atoms with E-state index in [1.165, 1.54) is 27.9 Å². The van der Waals surface area contributed by atoms with Crippen LogP contribution in [0.15, 0.2) is 15.9 Å². The van der Waals surface area contributed by atoms with Crippen LogP contribution in [0.5, 0.6) is 0 Å². The topological polar surface area (TPSA) is 12.0 Å². The van der Waals surface area contributed by atoms with Crippen molar-refractivity contribution in [3.8, 4) is 0 Å². The van der Waals surface area contributed by atoms with E-state index >= 15 is 0 Å². The molecule has 0 aliphatic rings. The van der Waals surface area contributed by atoms with E-state index in [-0.39, 0.29) is 0 Å². The molecule has 0 saturated heterocycles. The first-order chi connectivity index (χ1) is 8.67. The van der Waals surface area contributed by atoms with Crippen LogP contribution >= 0.6 is 39.0 Å². The summed E-state index contributed by atoms with van der Waals surface area (Å²) in [6, 6.07) is 2.75. The fraction of sp³-hybridized carbons (Fsp3) is 0.714. The van der Waals surface area contributed by atoms with Gasteiger partial charge in [0.25, 0.3) is 0 Å². The quantitative estimate of drug-likeness (QED) is 0.676. The first-order valence-electron chi connectivity index (χ1n) is 6.74. The lowest BCUT2D eigenvalue weighted by atomic mass is 10.2. The Labute approximate surface area is 128 Å². The maximum Gasteiger partial charge on any atom is 0.0314 e. The molecule has 104 valence electrons. The largest absolute Gasteiger partial charge is 0.313 e. The van der Waals surface area contributed by atoms with E-state index in [1.807, 2.05) is 11.3 Å². The number of thioether (sulfide) groups is 1. The summed E-state index contributed by atoms with van der Waals surface area (Å²) in [6.07, 6.45) is 3.60. The number of nitrogens with one attached hydrogen (secondary N) is 1. The van der Waals surface area contributed by atoms with Crippen LogP contribution in [0.25, 0.3) is 0 Å². The number of halogens is 1. The van der Waals surface area contributed by atoms with Crippen molar-refractivity contribution < 1.29 is 0 Å². The Morgan fingerprint density at radius 2 is 2.22 bits per heavy atom. The van der Waals surface area contributed by atoms with Crippen molar-refractivity contribution in [2.75, 3.05) is 12.3 Å². The van der Waals surface area contributed by atoms with Gasteiger partial charge >= 0.3 is 0 Å². The van der Waals surface area contributed by atoms with Crippen molar-refractivity contribution in [2.45, 2.75) is 51.3 Å². The molecule has 2 unspecified atom stereocenters. The van der Waals surface area contributed by atoms with Crippen molar-refractivity contribution >= 4 is 39.0 Å². The van der Waals surface area contributed by atoms with Gasteiger partial charge in [-0.3, -0.25) is 0 Å². The molecular weight excluding hydrogens is 326 g/mol. The highest BCUT2D eigenvalue weighted by molar-refractivity contribution is 9.10. The Kier molecular flexibility index (Phi) is 8.64. The number of rotatable bonds is 9. The van der Waals surface area contributed by atoms with Crippen LogP contribution in [0.3, 0.4) is 0 Å². The number of hydrogen-bond acceptors (Lipinski definition) is 3. The van der Waals surface area contributed by atoms with E-state index < -0.39 is 0 Å². The molecule has 1 heterocycles. The molecule has 1 aromatic heterocycles. The summed E-state index contributed by atoms with van der Waals surface area (Å²) >= 11 is 7.58. The molecule has 0 radical (unpaired) electrons. The molecule has 1 rings (SSSR count). The van der Waals surface area contributed by atoms with Gasteiger partial charge in [-0.15, -0.1) is 11.3 Å². The zero-order valence-electron chi connectivity index (χ0n) is 11.5. The predicted octanol–water partition coefficient (Wildman–Crippen LogP) is 4.95. The third-order valence-corrected chi connectivity index (χ3v) is 6.41. The van der Waals surface area contributed by atoms with E-state index in [4.69, 9.17) is 0 Å². The molecule has 1 nitrogen and oxygen atoms in total. The van der Waals surface area contributed by atoms with Crippen LogP contribution in [0, 0.1) is 0 Å². The molecular formula is C14H24BrNS2. The molecule has 0 aliphatic carbocycles. The molecule has 1 aromatic rings. The molecule has 2 atom stereocenters. The fourth-order valence-corrected chi connectivity index (χ4v) is 4.26. The third-order valence-electron chi connectivity index (χ3n) is 2.96. The van der Waals surface area contributed by atoms with Gasteiger partial charge in [0.15, 0.2) is 0 Å². The molecule has 0 fully saturated rings. The van der Waals surface area contributed by atoms with E-state index in [2.05, 4.69) is 65.2 Å². The maximum absolute atomic E-state index is 3.68. The molecule has 0 bridgehead atoms. The number of hydrogen-bond donors (Lipinski definition) is 1. The Balaban J connectivity index is 2.47. The van der Waals surface area contributed by atoms with E-state index in [0.29, 0.717) is 6.04 Å². The lowest BCUT2D eigenvalue weighted by molar-refractivity contribution is 0.552. The average molecular weight is 350 g/mol. The van der Waals surface area contributed by atoms with Gasteiger partial charge in [-0.05, 0) is 53.2 Å². The van der Waals surface area contributed by atoms with Crippen molar-refractivity contribution in [1.82, 2.24) is 5.32 Å². The Bertz CT molecular complexity index is 327. The van der Waals surface area contributed by atoms with Gasteiger partial charge < -0.3 is 5.32 Å². The van der Waals surface area contributed by atoms with Gasteiger partial charge in [0.2, 0.25) is 0 Å². The highest BCUT2D eigenvalue weighted by atomic mass is 79.9. The van der Waals surface area contributed by atoms with E-state index in [9.17, 15) is 0 Å². The van der Waals surface area contributed by atoms with E-state index in [1.54, 1.807) is 0 Å². The van der Waals surface area contributed by atoms with Crippen molar-refractivity contribution in [3.63, 3.8) is 0 Å². The van der Waals surface area contributed by atoms with Gasteiger partial charge in [-0.25, -0.2) is 0 Å². The molecule has 0 aliphatic heterocycles. The van der Waals surface area contributed by atoms with Crippen molar-refractivity contribution in [2.24, 2.45) is 0 Å². The van der Waals surface area contributed by atoms with Gasteiger partial charge in [-0.1, -0.05) is 20.8 Å². The normalized spacial score (nSPS) is 14.7. The van der Waals surface area contributed by atoms with Gasteiger partial charge in [0.05, 0.1) is 0 Å². The lowest BCUT2D eigenvalue weighted by Gasteiger charge is -2.19. The van der Waals surface area contributed by atoms with E-state index in [0.717, 1.165) is 18.2 Å². The van der Waals surface area contributed by atoms with Crippen LogP contribution in [-0.4, -0.2) is 23.6 Å². The highest BCUT2D eigenvalue weighted by Gasteiger charge is 2.13. The zero-order valence-corrected chi connectivity index (χ0v) is 14.8.